The van der Waals surface area contributed by atoms with Gasteiger partial charge >= 0.3 is 0 Å². The highest BCUT2D eigenvalue weighted by Gasteiger charge is 2.15. The summed E-state index contributed by atoms with van der Waals surface area (Å²) in [6.45, 7) is 3.51. The number of thiophene rings is 1. The topological polar surface area (TPSA) is 59.0 Å². The second kappa shape index (κ2) is 7.45. The van der Waals surface area contributed by atoms with Gasteiger partial charge in [-0.05, 0) is 25.8 Å². The number of carbonyl (C=O) groups is 1. The molecule has 0 unspecified atom stereocenters. The summed E-state index contributed by atoms with van der Waals surface area (Å²) in [6.07, 6.45) is 7.95. The number of fused-ring (bicyclic) bond motifs is 1. The van der Waals surface area contributed by atoms with Crippen LogP contribution in [0.5, 0.6) is 0 Å². The Morgan fingerprint density at radius 3 is 2.74 bits per heavy atom. The van der Waals surface area contributed by atoms with E-state index in [0.29, 0.717) is 12.6 Å². The van der Waals surface area contributed by atoms with Crippen molar-refractivity contribution >= 4 is 27.5 Å². The Hall–Kier alpha value is -1.40. The Kier molecular flexibility index (Phi) is 5.33. The third-order valence-electron chi connectivity index (χ3n) is 4.62. The van der Waals surface area contributed by atoms with E-state index in [4.69, 9.17) is 0 Å². The number of aryl methyl sites for hydroxylation is 2. The van der Waals surface area contributed by atoms with Gasteiger partial charge < -0.3 is 10.6 Å². The van der Waals surface area contributed by atoms with Crippen molar-refractivity contribution in [2.45, 2.75) is 51.5 Å². The monoisotopic (exact) mass is 334 g/mol. The Labute approximate surface area is 141 Å². The third kappa shape index (κ3) is 3.93. The standard InChI is InChI=1S/C17H26N4OS/c1-12-14-11-15(23-17(14)21(2)20-12)16(22)19-10-9-18-13-7-5-3-4-6-8-13/h11,13,18H,3-10H2,1-2H3,(H,19,22). The first-order chi connectivity index (χ1) is 11.1. The first-order valence-electron chi connectivity index (χ1n) is 8.60. The largest absolute Gasteiger partial charge is 0.350 e. The van der Waals surface area contributed by atoms with Gasteiger partial charge in [0.1, 0.15) is 4.83 Å². The van der Waals surface area contributed by atoms with E-state index in [1.807, 2.05) is 24.7 Å². The van der Waals surface area contributed by atoms with Gasteiger partial charge in [-0.15, -0.1) is 11.3 Å². The Bertz CT molecular complexity index is 633. The van der Waals surface area contributed by atoms with Crippen LogP contribution >= 0.6 is 11.3 Å². The molecule has 0 spiro atoms. The van der Waals surface area contributed by atoms with Crippen LogP contribution in [0.4, 0.5) is 0 Å². The summed E-state index contributed by atoms with van der Waals surface area (Å²) >= 11 is 1.51. The molecule has 1 aliphatic carbocycles. The molecule has 1 amide bonds. The molecule has 0 aliphatic heterocycles. The fourth-order valence-electron chi connectivity index (χ4n) is 3.34. The van der Waals surface area contributed by atoms with Gasteiger partial charge in [0.05, 0.1) is 10.6 Å². The average molecular weight is 334 g/mol. The summed E-state index contributed by atoms with van der Waals surface area (Å²) in [6, 6.07) is 2.59. The molecule has 1 fully saturated rings. The van der Waals surface area contributed by atoms with Crippen molar-refractivity contribution in [3.05, 3.63) is 16.6 Å². The van der Waals surface area contributed by atoms with Gasteiger partial charge in [0.25, 0.3) is 5.91 Å². The molecular formula is C17H26N4OS. The van der Waals surface area contributed by atoms with Crippen molar-refractivity contribution in [2.24, 2.45) is 7.05 Å². The van der Waals surface area contributed by atoms with Gasteiger partial charge in [-0.2, -0.15) is 5.10 Å². The molecule has 2 heterocycles. The van der Waals surface area contributed by atoms with E-state index in [1.165, 1.54) is 49.9 Å². The normalized spacial score (nSPS) is 16.6. The summed E-state index contributed by atoms with van der Waals surface area (Å²) in [5, 5.41) is 12.1. The second-order valence-electron chi connectivity index (χ2n) is 6.44. The van der Waals surface area contributed by atoms with Gasteiger partial charge in [0, 0.05) is 31.6 Å². The van der Waals surface area contributed by atoms with Crippen LogP contribution in [-0.4, -0.2) is 34.8 Å². The van der Waals surface area contributed by atoms with E-state index in [9.17, 15) is 4.79 Å². The van der Waals surface area contributed by atoms with E-state index in [-0.39, 0.29) is 5.91 Å². The molecule has 2 N–H and O–H groups in total. The molecule has 0 bridgehead atoms. The molecule has 0 radical (unpaired) electrons. The fourth-order valence-corrected chi connectivity index (χ4v) is 4.38. The molecule has 3 rings (SSSR count). The van der Waals surface area contributed by atoms with Crippen molar-refractivity contribution in [1.29, 1.82) is 0 Å². The first kappa shape index (κ1) is 16.5. The lowest BCUT2D eigenvalue weighted by Crippen LogP contribution is -2.36. The van der Waals surface area contributed by atoms with E-state index in [2.05, 4.69) is 15.7 Å². The first-order valence-corrected chi connectivity index (χ1v) is 9.41. The minimum atomic E-state index is 0.0215. The molecule has 5 nitrogen and oxygen atoms in total. The number of hydrogen-bond donors (Lipinski definition) is 2. The predicted octanol–water partition coefficient (Wildman–Crippen LogP) is 2.99. The highest BCUT2D eigenvalue weighted by Crippen LogP contribution is 2.27. The Morgan fingerprint density at radius 1 is 1.30 bits per heavy atom. The van der Waals surface area contributed by atoms with Gasteiger partial charge in [-0.25, -0.2) is 0 Å². The van der Waals surface area contributed by atoms with Crippen LogP contribution in [-0.2, 0) is 7.05 Å². The number of hydrogen-bond acceptors (Lipinski definition) is 4. The quantitative estimate of drug-likeness (QED) is 0.653. The fraction of sp³-hybridized carbons (Fsp3) is 0.647. The lowest BCUT2D eigenvalue weighted by Gasteiger charge is -2.16. The van der Waals surface area contributed by atoms with Crippen molar-refractivity contribution in [3.8, 4) is 0 Å². The Morgan fingerprint density at radius 2 is 2.04 bits per heavy atom. The number of rotatable bonds is 5. The molecule has 0 atom stereocenters. The molecular weight excluding hydrogens is 308 g/mol. The van der Waals surface area contributed by atoms with Crippen LogP contribution in [0.1, 0.15) is 53.9 Å². The van der Waals surface area contributed by atoms with E-state index in [0.717, 1.165) is 27.3 Å². The molecule has 6 heteroatoms. The van der Waals surface area contributed by atoms with E-state index in [1.54, 1.807) is 0 Å². The number of carbonyl (C=O) groups excluding carboxylic acids is 1. The maximum absolute atomic E-state index is 12.3. The number of nitrogens with zero attached hydrogens (tertiary/aromatic N) is 2. The number of amides is 1. The van der Waals surface area contributed by atoms with Crippen molar-refractivity contribution in [2.75, 3.05) is 13.1 Å². The molecule has 23 heavy (non-hydrogen) atoms. The van der Waals surface area contributed by atoms with Crippen LogP contribution in [0.15, 0.2) is 6.07 Å². The van der Waals surface area contributed by atoms with Crippen LogP contribution in [0.3, 0.4) is 0 Å². The van der Waals surface area contributed by atoms with Gasteiger partial charge in [0.2, 0.25) is 0 Å². The number of aromatic nitrogens is 2. The zero-order valence-corrected chi connectivity index (χ0v) is 14.8. The van der Waals surface area contributed by atoms with Crippen LogP contribution in [0.2, 0.25) is 0 Å². The summed E-state index contributed by atoms with van der Waals surface area (Å²) in [7, 11) is 1.92. The van der Waals surface area contributed by atoms with Crippen LogP contribution in [0, 0.1) is 6.92 Å². The molecule has 1 aliphatic rings. The maximum Gasteiger partial charge on any atom is 0.261 e. The summed E-state index contributed by atoms with van der Waals surface area (Å²) in [4.78, 5) is 14.1. The third-order valence-corrected chi connectivity index (χ3v) is 5.82. The second-order valence-corrected chi connectivity index (χ2v) is 7.47. The number of nitrogens with one attached hydrogen (secondary N) is 2. The van der Waals surface area contributed by atoms with Crippen LogP contribution in [0.25, 0.3) is 10.2 Å². The lowest BCUT2D eigenvalue weighted by atomic mass is 10.1. The zero-order chi connectivity index (χ0) is 16.2. The van der Waals surface area contributed by atoms with Crippen molar-refractivity contribution < 1.29 is 4.79 Å². The summed E-state index contributed by atoms with van der Waals surface area (Å²) in [5.41, 5.74) is 0.979. The van der Waals surface area contributed by atoms with E-state index >= 15 is 0 Å². The molecule has 2 aromatic rings. The smallest absolute Gasteiger partial charge is 0.261 e. The molecule has 1 saturated carbocycles. The molecule has 126 valence electrons. The van der Waals surface area contributed by atoms with E-state index < -0.39 is 0 Å². The van der Waals surface area contributed by atoms with Crippen LogP contribution < -0.4 is 10.6 Å². The molecule has 0 aromatic carbocycles. The summed E-state index contributed by atoms with van der Waals surface area (Å²) in [5.74, 6) is 0.0215. The lowest BCUT2D eigenvalue weighted by molar-refractivity contribution is 0.0957. The summed E-state index contributed by atoms with van der Waals surface area (Å²) < 4.78 is 1.85. The Balaban J connectivity index is 1.47. The SMILES string of the molecule is Cc1nn(C)c2sc(C(=O)NCCNC3CCCCCC3)cc12. The highest BCUT2D eigenvalue weighted by atomic mass is 32.1. The maximum atomic E-state index is 12.3. The molecule has 2 aromatic heterocycles. The average Bonchev–Trinajstić information content (AvgIpc) is 2.96. The van der Waals surface area contributed by atoms with Gasteiger partial charge in [-0.1, -0.05) is 25.7 Å². The van der Waals surface area contributed by atoms with Gasteiger partial charge in [-0.3, -0.25) is 9.48 Å². The van der Waals surface area contributed by atoms with Gasteiger partial charge in [0.15, 0.2) is 0 Å². The minimum Gasteiger partial charge on any atom is -0.350 e. The zero-order valence-electron chi connectivity index (χ0n) is 14.0. The predicted molar refractivity (Wildman–Crippen MR) is 95.2 cm³/mol. The minimum absolute atomic E-state index is 0.0215. The highest BCUT2D eigenvalue weighted by molar-refractivity contribution is 7.20. The van der Waals surface area contributed by atoms with Crippen molar-refractivity contribution in [1.82, 2.24) is 20.4 Å². The van der Waals surface area contributed by atoms with Crippen molar-refractivity contribution in [3.63, 3.8) is 0 Å². The molecule has 0 saturated heterocycles.